The van der Waals surface area contributed by atoms with Crippen molar-refractivity contribution in [1.82, 2.24) is 25.2 Å². The van der Waals surface area contributed by atoms with Gasteiger partial charge in [0.15, 0.2) is 5.65 Å². The molecule has 0 radical (unpaired) electrons. The van der Waals surface area contributed by atoms with Gasteiger partial charge in [0.25, 0.3) is 5.91 Å². The van der Waals surface area contributed by atoms with Gasteiger partial charge >= 0.3 is 0 Å². The van der Waals surface area contributed by atoms with Crippen molar-refractivity contribution < 1.29 is 14.0 Å². The first-order chi connectivity index (χ1) is 20.3. The number of hydrogen-bond acceptors (Lipinski definition) is 5. The fraction of sp³-hybridized carbons (Fsp3) is 0.562. The first-order valence-electron chi connectivity index (χ1n) is 15.1. The number of benzene rings is 1. The van der Waals surface area contributed by atoms with Gasteiger partial charge in [-0.25, -0.2) is 14.4 Å². The molecule has 1 atom stereocenters. The van der Waals surface area contributed by atoms with Crippen molar-refractivity contribution in [2.24, 2.45) is 18.4 Å². The lowest BCUT2D eigenvalue weighted by Gasteiger charge is -2.27. The maximum atomic E-state index is 14.3. The number of halogens is 3. The van der Waals surface area contributed by atoms with Crippen molar-refractivity contribution in [2.45, 2.75) is 85.0 Å². The number of alkyl halides is 1. The number of rotatable bonds is 7. The van der Waals surface area contributed by atoms with Crippen molar-refractivity contribution in [3.8, 4) is 0 Å². The van der Waals surface area contributed by atoms with Gasteiger partial charge in [-0.2, -0.15) is 0 Å². The number of aromatic nitrogens is 3. The van der Waals surface area contributed by atoms with E-state index in [4.69, 9.17) is 33.2 Å². The van der Waals surface area contributed by atoms with Crippen LogP contribution in [0.15, 0.2) is 18.2 Å². The number of nitrogens with one attached hydrogen (secondary N) is 2. The normalized spacial score (nSPS) is 20.9. The van der Waals surface area contributed by atoms with Crippen molar-refractivity contribution in [3.05, 3.63) is 50.8 Å². The summed E-state index contributed by atoms with van der Waals surface area (Å²) >= 11 is 13.4. The van der Waals surface area contributed by atoms with E-state index < -0.39 is 11.6 Å². The Hall–Kier alpha value is -2.91. The van der Waals surface area contributed by atoms with Gasteiger partial charge in [0.2, 0.25) is 5.91 Å². The number of nitrogens with zero attached hydrogens (tertiary/aromatic N) is 4. The molecule has 3 heterocycles. The monoisotopic (exact) mass is 630 g/mol. The van der Waals surface area contributed by atoms with E-state index in [0.29, 0.717) is 69.3 Å². The van der Waals surface area contributed by atoms with Crippen LogP contribution in [0.1, 0.15) is 87.1 Å². The lowest BCUT2D eigenvalue weighted by molar-refractivity contribution is -0.128. The summed E-state index contributed by atoms with van der Waals surface area (Å²) in [5.74, 6) is 1.54. The van der Waals surface area contributed by atoms with E-state index >= 15 is 0 Å². The third kappa shape index (κ3) is 6.93. The Morgan fingerprint density at radius 1 is 1.09 bits per heavy atom. The van der Waals surface area contributed by atoms with Crippen LogP contribution in [0.2, 0.25) is 10.0 Å². The van der Waals surface area contributed by atoms with Crippen molar-refractivity contribution >= 4 is 52.0 Å². The lowest BCUT2D eigenvalue weighted by Crippen LogP contribution is -2.38. The van der Waals surface area contributed by atoms with Crippen molar-refractivity contribution in [1.29, 1.82) is 0 Å². The zero-order chi connectivity index (χ0) is 31.1. The molecule has 0 bridgehead atoms. The van der Waals surface area contributed by atoms with Gasteiger partial charge in [0.05, 0.1) is 17.1 Å². The summed E-state index contributed by atoms with van der Waals surface area (Å²) in [6.45, 7) is 8.78. The molecule has 1 saturated carbocycles. The molecule has 1 aliphatic carbocycles. The van der Waals surface area contributed by atoms with Crippen LogP contribution in [0, 0.1) is 11.3 Å². The number of imidazole rings is 1. The molecule has 1 saturated heterocycles. The maximum absolute atomic E-state index is 14.3. The Morgan fingerprint density at radius 3 is 2.47 bits per heavy atom. The van der Waals surface area contributed by atoms with Gasteiger partial charge in [-0.15, -0.1) is 0 Å². The smallest absolute Gasteiger partial charge is 0.255 e. The van der Waals surface area contributed by atoms with Crippen LogP contribution < -0.4 is 15.5 Å². The van der Waals surface area contributed by atoms with Crippen LogP contribution in [0.5, 0.6) is 0 Å². The van der Waals surface area contributed by atoms with E-state index in [1.165, 1.54) is 0 Å². The second kappa shape index (κ2) is 12.6. The lowest BCUT2D eigenvalue weighted by atomic mass is 9.87. The number of fused-ring (bicyclic) bond motifs is 1. The SMILES string of the molecule is CC1CCC(NC(=O)c2cc3nc(Cc4c(Cl)ccc(CNC(=O)C(C)(C)C)c4Cl)n(C)c3nc2N2CC[C@@H](F)C2)CC1. The highest BCUT2D eigenvalue weighted by atomic mass is 35.5. The summed E-state index contributed by atoms with van der Waals surface area (Å²) in [6, 6.07) is 5.47. The standard InChI is InChI=1S/C32H41Cl2FN6O2/c1-18-6-9-21(10-7-18)37-30(42)23-14-25-29(39-28(23)41-13-12-20(35)17-41)40(5)26(38-25)15-22-24(33)11-8-19(27(22)34)16-36-31(43)32(2,3)4/h8,11,14,18,20-21H,6-7,9-10,12-13,15-17H2,1-5H3,(H,36,43)(H,37,42)/t18?,20-,21?/m1/s1. The van der Waals surface area contributed by atoms with Crippen LogP contribution in [0.25, 0.3) is 11.2 Å². The topological polar surface area (TPSA) is 92.2 Å². The minimum atomic E-state index is -0.958. The van der Waals surface area contributed by atoms with Gasteiger partial charge in [0.1, 0.15) is 23.3 Å². The van der Waals surface area contributed by atoms with E-state index in [1.807, 2.05) is 43.4 Å². The molecular weight excluding hydrogens is 590 g/mol. The average Bonchev–Trinajstić information content (AvgIpc) is 3.52. The second-order valence-corrected chi connectivity index (χ2v) is 13.9. The fourth-order valence-electron chi connectivity index (χ4n) is 5.84. The Labute approximate surface area is 262 Å². The van der Waals surface area contributed by atoms with Crippen LogP contribution in [0.4, 0.5) is 10.2 Å². The van der Waals surface area contributed by atoms with Crippen LogP contribution in [-0.2, 0) is 24.8 Å². The molecule has 2 fully saturated rings. The molecule has 2 aliphatic rings. The number of anilines is 1. The first-order valence-corrected chi connectivity index (χ1v) is 15.9. The third-order valence-electron chi connectivity index (χ3n) is 8.66. The Bertz CT molecular complexity index is 1530. The number of aryl methyl sites for hydroxylation is 1. The van der Waals surface area contributed by atoms with E-state index in [-0.39, 0.29) is 30.9 Å². The van der Waals surface area contributed by atoms with E-state index in [2.05, 4.69) is 17.6 Å². The largest absolute Gasteiger partial charge is 0.353 e. The third-order valence-corrected chi connectivity index (χ3v) is 9.49. The fourth-order valence-corrected chi connectivity index (χ4v) is 6.41. The molecular formula is C32H41Cl2FN6O2. The molecule has 5 rings (SSSR count). The highest BCUT2D eigenvalue weighted by Crippen LogP contribution is 2.33. The Morgan fingerprint density at radius 2 is 1.81 bits per heavy atom. The zero-order valence-corrected chi connectivity index (χ0v) is 27.1. The molecule has 0 spiro atoms. The summed E-state index contributed by atoms with van der Waals surface area (Å²) in [5, 5.41) is 7.11. The molecule has 3 aromatic rings. The molecule has 2 N–H and O–H groups in total. The molecule has 1 aliphatic heterocycles. The number of carbonyl (C=O) groups is 2. The Balaban J connectivity index is 1.46. The average molecular weight is 632 g/mol. The highest BCUT2D eigenvalue weighted by Gasteiger charge is 2.30. The number of pyridine rings is 1. The van der Waals surface area contributed by atoms with Gasteiger partial charge < -0.3 is 20.1 Å². The second-order valence-electron chi connectivity index (χ2n) is 13.2. The van der Waals surface area contributed by atoms with Crippen LogP contribution in [-0.4, -0.2) is 51.7 Å². The first kappa shape index (κ1) is 31.5. The molecule has 2 aromatic heterocycles. The quantitative estimate of drug-likeness (QED) is 0.316. The van der Waals surface area contributed by atoms with Gasteiger partial charge in [-0.3, -0.25) is 9.59 Å². The predicted molar refractivity (Wildman–Crippen MR) is 170 cm³/mol. The van der Waals surface area contributed by atoms with E-state index in [1.54, 1.807) is 12.1 Å². The maximum Gasteiger partial charge on any atom is 0.255 e. The zero-order valence-electron chi connectivity index (χ0n) is 25.6. The summed E-state index contributed by atoms with van der Waals surface area (Å²) in [4.78, 5) is 37.6. The predicted octanol–water partition coefficient (Wildman–Crippen LogP) is 6.38. The van der Waals surface area contributed by atoms with Gasteiger partial charge in [-0.05, 0) is 61.3 Å². The van der Waals surface area contributed by atoms with E-state index in [9.17, 15) is 14.0 Å². The summed E-state index contributed by atoms with van der Waals surface area (Å²) in [7, 11) is 1.86. The van der Waals surface area contributed by atoms with Crippen LogP contribution in [0.3, 0.4) is 0 Å². The number of carbonyl (C=O) groups excluding carboxylic acids is 2. The summed E-state index contributed by atoms with van der Waals surface area (Å²) < 4.78 is 16.1. The van der Waals surface area contributed by atoms with Gasteiger partial charge in [0, 0.05) is 43.0 Å². The van der Waals surface area contributed by atoms with E-state index in [0.717, 1.165) is 31.2 Å². The highest BCUT2D eigenvalue weighted by molar-refractivity contribution is 6.36. The minimum absolute atomic E-state index is 0.0766. The summed E-state index contributed by atoms with van der Waals surface area (Å²) in [6.07, 6.45) is 3.83. The molecule has 43 heavy (non-hydrogen) atoms. The van der Waals surface area contributed by atoms with Crippen molar-refractivity contribution in [2.75, 3.05) is 18.0 Å². The molecule has 232 valence electrons. The molecule has 0 unspecified atom stereocenters. The minimum Gasteiger partial charge on any atom is -0.353 e. The number of hydrogen-bond donors (Lipinski definition) is 2. The Kier molecular flexibility index (Phi) is 9.23. The van der Waals surface area contributed by atoms with Crippen LogP contribution >= 0.6 is 23.2 Å². The molecule has 11 heteroatoms. The molecule has 1 aromatic carbocycles. The summed E-state index contributed by atoms with van der Waals surface area (Å²) in [5.41, 5.74) is 2.50. The van der Waals surface area contributed by atoms with Gasteiger partial charge in [-0.1, -0.05) is 57.0 Å². The number of amides is 2. The molecule has 2 amide bonds. The van der Waals surface area contributed by atoms with Crippen molar-refractivity contribution in [3.63, 3.8) is 0 Å². The molecule has 8 nitrogen and oxygen atoms in total.